The monoisotopic (exact) mass is 959 g/mol. The van der Waals surface area contributed by atoms with Crippen LogP contribution >= 0.6 is 40.0 Å². The van der Waals surface area contributed by atoms with E-state index in [1.54, 1.807) is 37.3 Å². The molecular formula is C38H36F2I2N2O6V. The van der Waals surface area contributed by atoms with Gasteiger partial charge >= 0.3 is 61.4 Å². The number of esters is 1. The van der Waals surface area contributed by atoms with Crippen LogP contribution in [0.2, 0.25) is 0 Å². The molecule has 6 aromatic rings. The zero-order valence-corrected chi connectivity index (χ0v) is 34.7. The van der Waals surface area contributed by atoms with Crippen molar-refractivity contribution in [1.82, 2.24) is 9.97 Å². The van der Waals surface area contributed by atoms with Gasteiger partial charge in [0.15, 0.2) is 11.2 Å². The summed E-state index contributed by atoms with van der Waals surface area (Å²) in [5, 5.41) is 9.13. The van der Waals surface area contributed by atoms with Crippen LogP contribution in [-0.2, 0) is 25.0 Å². The zero-order chi connectivity index (χ0) is 37.7. The maximum absolute atomic E-state index is 13.2. The first kappa shape index (κ1) is 40.4. The Morgan fingerprint density at radius 1 is 0.725 bits per heavy atom. The fourth-order valence-electron chi connectivity index (χ4n) is 5.10. The van der Waals surface area contributed by atoms with Gasteiger partial charge in [-0.05, 0) is 78.4 Å². The van der Waals surface area contributed by atoms with Crippen LogP contribution in [0.1, 0.15) is 80.7 Å². The van der Waals surface area contributed by atoms with Gasteiger partial charge in [-0.15, -0.1) is 0 Å². The Labute approximate surface area is 323 Å². The van der Waals surface area contributed by atoms with E-state index in [0.717, 1.165) is 22.3 Å². The maximum atomic E-state index is 13.2. The summed E-state index contributed by atoms with van der Waals surface area (Å²) in [7, 11) is 0.628. The number of carboxylic acids is 1. The van der Waals surface area contributed by atoms with Gasteiger partial charge in [-0.1, -0.05) is 41.5 Å². The number of rotatable bonds is 5. The molecular weight excluding hydrogens is 923 g/mol. The van der Waals surface area contributed by atoms with Crippen molar-refractivity contribution in [2.75, 3.05) is 6.61 Å². The van der Waals surface area contributed by atoms with Crippen molar-refractivity contribution < 1.29 is 46.5 Å². The number of carbonyl (C=O) groups excluding carboxylic acids is 1. The zero-order valence-electron chi connectivity index (χ0n) is 29.0. The molecule has 2 aromatic carbocycles. The van der Waals surface area contributed by atoms with E-state index in [0.29, 0.717) is 43.1 Å². The molecule has 51 heavy (non-hydrogen) atoms. The van der Waals surface area contributed by atoms with Crippen molar-refractivity contribution in [1.29, 1.82) is 0 Å². The van der Waals surface area contributed by atoms with Crippen molar-refractivity contribution in [3.63, 3.8) is 0 Å². The van der Waals surface area contributed by atoms with E-state index in [2.05, 4.69) is 70.7 Å². The summed E-state index contributed by atoms with van der Waals surface area (Å²) >= 11 is 4.74. The molecule has 0 aliphatic rings. The van der Waals surface area contributed by atoms with Crippen LogP contribution < -0.4 is 0 Å². The fraction of sp³-hybridized carbons (Fsp3) is 0.263. The van der Waals surface area contributed by atoms with E-state index in [1.165, 1.54) is 30.3 Å². The van der Waals surface area contributed by atoms with Crippen LogP contribution in [0.3, 0.4) is 0 Å². The molecule has 0 unspecified atom stereocenters. The molecule has 0 saturated carbocycles. The normalized spacial score (nSPS) is 11.4. The third kappa shape index (κ3) is 10.2. The molecule has 0 aliphatic heterocycles. The minimum atomic E-state index is -1.13. The Kier molecular flexibility index (Phi) is 13.5. The first-order valence-electron chi connectivity index (χ1n) is 15.7. The van der Waals surface area contributed by atoms with Crippen molar-refractivity contribution in [2.24, 2.45) is 0 Å². The molecule has 0 radical (unpaired) electrons. The first-order valence-corrected chi connectivity index (χ1v) is 24.7. The van der Waals surface area contributed by atoms with Crippen LogP contribution in [-0.4, -0.2) is 33.6 Å². The van der Waals surface area contributed by atoms with Crippen molar-refractivity contribution in [3.8, 4) is 22.5 Å². The summed E-state index contributed by atoms with van der Waals surface area (Å²) in [6.07, 6.45) is 0. The van der Waals surface area contributed by atoms with Crippen LogP contribution in [0.5, 0.6) is 0 Å². The second-order valence-electron chi connectivity index (χ2n) is 13.4. The summed E-state index contributed by atoms with van der Waals surface area (Å²) in [4.78, 5) is 32.2. The van der Waals surface area contributed by atoms with E-state index in [4.69, 9.17) is 18.7 Å². The summed E-state index contributed by atoms with van der Waals surface area (Å²) < 4.78 is 42.6. The Morgan fingerprint density at radius 3 is 1.45 bits per heavy atom. The number of furan rings is 2. The predicted molar refractivity (Wildman–Crippen MR) is 207 cm³/mol. The molecule has 0 bridgehead atoms. The molecule has 0 fully saturated rings. The number of carbonyl (C=O) groups is 2. The second-order valence-corrected chi connectivity index (χ2v) is 25.2. The van der Waals surface area contributed by atoms with Gasteiger partial charge in [-0.2, -0.15) is 0 Å². The fourth-order valence-corrected chi connectivity index (χ4v) is 5.10. The topological polar surface area (TPSA) is 116 Å². The number of pyridine rings is 2. The molecule has 267 valence electrons. The SMILES string of the molecule is CC(C)(C)c1cc(-c2ccc(F)cc2)nc2cc(C(=O)O)oc12.CCOC(=O)c1cc2nc(-c3ccc(F)cc3)cc(C(C)(C)C)c2o1.[I][V][I]. The Morgan fingerprint density at radius 2 is 1.10 bits per heavy atom. The molecule has 0 saturated heterocycles. The molecule has 8 nitrogen and oxygen atoms in total. The number of halogens is 4. The first-order chi connectivity index (χ1) is 24.0. The predicted octanol–water partition coefficient (Wildman–Crippen LogP) is 11.5. The number of hydrogen-bond donors (Lipinski definition) is 1. The third-order valence-corrected chi connectivity index (χ3v) is 7.54. The van der Waals surface area contributed by atoms with Crippen LogP contribution in [0.15, 0.2) is 81.6 Å². The van der Waals surface area contributed by atoms with Gasteiger partial charge in [0, 0.05) is 34.4 Å². The van der Waals surface area contributed by atoms with Gasteiger partial charge in [-0.3, -0.25) is 0 Å². The average molecular weight is 959 g/mol. The summed E-state index contributed by atoms with van der Waals surface area (Å²) in [6, 6.07) is 19.0. The third-order valence-electron chi connectivity index (χ3n) is 7.54. The second kappa shape index (κ2) is 17.0. The number of benzene rings is 2. The number of ether oxygens (including phenoxy) is 1. The number of fused-ring (bicyclic) bond motifs is 2. The van der Waals surface area contributed by atoms with Crippen LogP contribution in [0, 0.1) is 11.6 Å². The van der Waals surface area contributed by atoms with Crippen molar-refractivity contribution >= 4 is 74.1 Å². The van der Waals surface area contributed by atoms with E-state index >= 15 is 0 Å². The number of aromatic nitrogens is 2. The van der Waals surface area contributed by atoms with Gasteiger partial charge < -0.3 is 18.7 Å². The van der Waals surface area contributed by atoms with Crippen molar-refractivity contribution in [2.45, 2.75) is 59.3 Å². The molecule has 0 amide bonds. The van der Waals surface area contributed by atoms with Gasteiger partial charge in [-0.25, -0.2) is 28.3 Å². The Hall–Kier alpha value is -3.34. The van der Waals surface area contributed by atoms with E-state index < -0.39 is 11.9 Å². The van der Waals surface area contributed by atoms with Gasteiger partial charge in [0.2, 0.25) is 11.5 Å². The molecule has 13 heteroatoms. The molecule has 4 aromatic heterocycles. The van der Waals surface area contributed by atoms with Crippen LogP contribution in [0.25, 0.3) is 44.7 Å². The Bertz CT molecular complexity index is 2150. The molecule has 0 aliphatic carbocycles. The number of hydrogen-bond acceptors (Lipinski definition) is 7. The molecule has 6 rings (SSSR count). The quantitative estimate of drug-likeness (QED) is 0.134. The average Bonchev–Trinajstić information content (AvgIpc) is 3.69. The van der Waals surface area contributed by atoms with E-state index in [-0.39, 0.29) is 40.6 Å². The summed E-state index contributed by atoms with van der Waals surface area (Å²) in [6.45, 7) is 14.2. The van der Waals surface area contributed by atoms with Crippen LogP contribution in [0.4, 0.5) is 8.78 Å². The Balaban J connectivity index is 0.000000213. The van der Waals surface area contributed by atoms with Gasteiger partial charge in [0.1, 0.15) is 22.7 Å². The number of carboxylic acid groups (broad SMARTS) is 1. The molecule has 0 spiro atoms. The molecule has 1 N–H and O–H groups in total. The summed E-state index contributed by atoms with van der Waals surface area (Å²) in [5.74, 6) is -2.27. The van der Waals surface area contributed by atoms with E-state index in [9.17, 15) is 18.4 Å². The molecule has 0 atom stereocenters. The minimum absolute atomic E-state index is 0.131. The number of nitrogens with zero attached hydrogens (tertiary/aromatic N) is 2. The number of aromatic carboxylic acids is 1. The molecule has 4 heterocycles. The van der Waals surface area contributed by atoms with Gasteiger partial charge in [0.25, 0.3) is 0 Å². The van der Waals surface area contributed by atoms with Gasteiger partial charge in [0.05, 0.1) is 18.0 Å². The van der Waals surface area contributed by atoms with Crippen molar-refractivity contribution in [3.05, 3.63) is 107 Å². The van der Waals surface area contributed by atoms with E-state index in [1.807, 2.05) is 32.9 Å². The standard InChI is InChI=1S/C20H20FNO3.C18H16FNO3.2HI.V/c1-5-24-19(23)17-11-16-18(25-17)14(20(2,3)4)10-15(22-16)12-6-8-13(21)9-7-12;1-18(2,3)12-8-13(10-4-6-11(19)7-5-10)20-14-9-15(17(21)22)23-16(12)14;;;/h6-11H,5H2,1-4H3;4-9H,1-3H3,(H,21,22);2*1H;/q;;;;+2/p-2. The summed E-state index contributed by atoms with van der Waals surface area (Å²) in [5.41, 5.74) is 6.31.